The van der Waals surface area contributed by atoms with E-state index in [0.29, 0.717) is 0 Å². The SMILES string of the molecule is CCCCCC1(c2ccc(C)cc2)OC(=O)O1. The number of benzene rings is 1. The summed E-state index contributed by atoms with van der Waals surface area (Å²) >= 11 is 0. The smallest absolute Gasteiger partial charge is 0.386 e. The normalized spacial score (nSPS) is 16.9. The Morgan fingerprint density at radius 2 is 1.76 bits per heavy atom. The van der Waals surface area contributed by atoms with Gasteiger partial charge in [0.2, 0.25) is 0 Å². The molecular formula is C14H18O3. The van der Waals surface area contributed by atoms with Crippen LogP contribution in [0.15, 0.2) is 24.3 Å². The molecule has 3 heteroatoms. The molecule has 1 fully saturated rings. The molecule has 0 aliphatic carbocycles. The highest BCUT2D eigenvalue weighted by molar-refractivity contribution is 5.66. The van der Waals surface area contributed by atoms with Gasteiger partial charge in [-0.25, -0.2) is 4.79 Å². The topological polar surface area (TPSA) is 35.5 Å². The summed E-state index contributed by atoms with van der Waals surface area (Å²) in [5, 5.41) is 0. The summed E-state index contributed by atoms with van der Waals surface area (Å²) in [4.78, 5) is 10.9. The zero-order valence-corrected chi connectivity index (χ0v) is 10.4. The maximum absolute atomic E-state index is 10.9. The lowest BCUT2D eigenvalue weighted by atomic mass is 9.97. The summed E-state index contributed by atoms with van der Waals surface area (Å²) in [6.07, 6.45) is 3.42. The molecule has 1 saturated heterocycles. The molecule has 0 radical (unpaired) electrons. The zero-order chi connectivity index (χ0) is 12.3. The summed E-state index contributed by atoms with van der Waals surface area (Å²) < 4.78 is 10.5. The number of rotatable bonds is 5. The predicted octanol–water partition coefficient (Wildman–Crippen LogP) is 3.89. The first-order valence-electron chi connectivity index (χ1n) is 6.15. The van der Waals surface area contributed by atoms with Gasteiger partial charge >= 0.3 is 6.16 Å². The molecule has 17 heavy (non-hydrogen) atoms. The van der Waals surface area contributed by atoms with Crippen LogP contribution >= 0.6 is 0 Å². The molecule has 0 unspecified atom stereocenters. The van der Waals surface area contributed by atoms with Gasteiger partial charge in [-0.3, -0.25) is 0 Å². The molecule has 1 heterocycles. The van der Waals surface area contributed by atoms with E-state index in [-0.39, 0.29) is 0 Å². The van der Waals surface area contributed by atoms with Crippen LogP contribution in [-0.4, -0.2) is 6.16 Å². The van der Waals surface area contributed by atoms with Crippen LogP contribution in [-0.2, 0) is 15.3 Å². The van der Waals surface area contributed by atoms with Crippen LogP contribution in [0.5, 0.6) is 0 Å². The van der Waals surface area contributed by atoms with Crippen LogP contribution in [0.2, 0.25) is 0 Å². The molecular weight excluding hydrogens is 216 g/mol. The number of hydrogen-bond donors (Lipinski definition) is 0. The van der Waals surface area contributed by atoms with Crippen molar-refractivity contribution in [3.63, 3.8) is 0 Å². The Hall–Kier alpha value is -1.51. The van der Waals surface area contributed by atoms with Crippen molar-refractivity contribution >= 4 is 6.16 Å². The lowest BCUT2D eigenvalue weighted by Gasteiger charge is -2.40. The Bertz CT molecular complexity index is 386. The molecule has 0 aromatic heterocycles. The van der Waals surface area contributed by atoms with Gasteiger partial charge in [0.25, 0.3) is 5.79 Å². The number of carbonyl (C=O) groups is 1. The van der Waals surface area contributed by atoms with Gasteiger partial charge in [0.1, 0.15) is 0 Å². The fourth-order valence-corrected chi connectivity index (χ4v) is 2.06. The van der Waals surface area contributed by atoms with Crippen LogP contribution in [0.4, 0.5) is 4.79 Å². The van der Waals surface area contributed by atoms with Crippen molar-refractivity contribution in [2.24, 2.45) is 0 Å². The van der Waals surface area contributed by atoms with E-state index in [9.17, 15) is 4.79 Å². The highest BCUT2D eigenvalue weighted by atomic mass is 16.9. The standard InChI is InChI=1S/C14H18O3/c1-3-4-5-10-14(16-13(15)17-14)12-8-6-11(2)7-9-12/h6-9H,3-5,10H2,1-2H3. The Morgan fingerprint density at radius 3 is 2.29 bits per heavy atom. The van der Waals surface area contributed by atoms with Crippen LogP contribution in [0.1, 0.15) is 43.7 Å². The number of ether oxygens (including phenoxy) is 2. The average molecular weight is 234 g/mol. The summed E-state index contributed by atoms with van der Waals surface area (Å²) in [6, 6.07) is 7.94. The van der Waals surface area contributed by atoms with E-state index in [4.69, 9.17) is 9.47 Å². The first-order chi connectivity index (χ1) is 8.16. The van der Waals surface area contributed by atoms with Crippen LogP contribution < -0.4 is 0 Å². The maximum atomic E-state index is 10.9. The van der Waals surface area contributed by atoms with Crippen molar-refractivity contribution in [3.8, 4) is 0 Å². The second-order valence-electron chi connectivity index (χ2n) is 4.53. The minimum absolute atomic E-state index is 0.568. The summed E-state index contributed by atoms with van der Waals surface area (Å²) in [6.45, 7) is 4.17. The van der Waals surface area contributed by atoms with E-state index in [1.54, 1.807) is 0 Å². The third-order valence-electron chi connectivity index (χ3n) is 3.10. The number of hydrogen-bond acceptors (Lipinski definition) is 3. The van der Waals surface area contributed by atoms with Crippen molar-refractivity contribution < 1.29 is 14.3 Å². The van der Waals surface area contributed by atoms with Gasteiger partial charge in [-0.2, -0.15) is 0 Å². The number of cyclic esters (lactones) is 2. The first kappa shape index (κ1) is 12.0. The molecule has 1 aliphatic rings. The second-order valence-corrected chi connectivity index (χ2v) is 4.53. The molecule has 0 bridgehead atoms. The monoisotopic (exact) mass is 234 g/mol. The lowest BCUT2D eigenvalue weighted by molar-refractivity contribution is -0.284. The van der Waals surface area contributed by atoms with Crippen LogP contribution in [0, 0.1) is 6.92 Å². The average Bonchev–Trinajstić information content (AvgIpc) is 2.27. The van der Waals surface area contributed by atoms with Gasteiger partial charge in [0, 0.05) is 12.0 Å². The van der Waals surface area contributed by atoms with E-state index >= 15 is 0 Å². The molecule has 3 nitrogen and oxygen atoms in total. The molecule has 0 spiro atoms. The first-order valence-corrected chi connectivity index (χ1v) is 6.15. The van der Waals surface area contributed by atoms with Crippen molar-refractivity contribution in [2.45, 2.75) is 45.3 Å². The lowest BCUT2D eigenvalue weighted by Crippen LogP contribution is -2.47. The van der Waals surface area contributed by atoms with E-state index in [1.807, 2.05) is 31.2 Å². The molecule has 0 atom stereocenters. The molecule has 92 valence electrons. The Balaban J connectivity index is 2.11. The molecule has 0 saturated carbocycles. The number of unbranched alkanes of at least 4 members (excludes halogenated alkanes) is 2. The van der Waals surface area contributed by atoms with Crippen molar-refractivity contribution in [1.29, 1.82) is 0 Å². The fourth-order valence-electron chi connectivity index (χ4n) is 2.06. The summed E-state index contributed by atoms with van der Waals surface area (Å²) in [5.74, 6) is -0.819. The molecule has 1 aliphatic heterocycles. The molecule has 0 N–H and O–H groups in total. The van der Waals surface area contributed by atoms with Crippen molar-refractivity contribution in [2.75, 3.05) is 0 Å². The van der Waals surface area contributed by atoms with E-state index < -0.39 is 11.9 Å². The fraction of sp³-hybridized carbons (Fsp3) is 0.500. The Morgan fingerprint density at radius 1 is 1.12 bits per heavy atom. The third-order valence-corrected chi connectivity index (χ3v) is 3.10. The van der Waals surface area contributed by atoms with Crippen molar-refractivity contribution in [3.05, 3.63) is 35.4 Å². The second kappa shape index (κ2) is 4.78. The third kappa shape index (κ3) is 2.43. The highest BCUT2D eigenvalue weighted by Gasteiger charge is 2.49. The number of aryl methyl sites for hydroxylation is 1. The summed E-state index contributed by atoms with van der Waals surface area (Å²) in [7, 11) is 0. The molecule has 2 rings (SSSR count). The minimum atomic E-state index is -0.819. The highest BCUT2D eigenvalue weighted by Crippen LogP contribution is 2.40. The number of carbonyl (C=O) groups excluding carboxylic acids is 1. The van der Waals surface area contributed by atoms with Gasteiger partial charge in [-0.1, -0.05) is 49.6 Å². The maximum Gasteiger partial charge on any atom is 0.515 e. The van der Waals surface area contributed by atoms with Gasteiger partial charge in [-0.05, 0) is 13.3 Å². The van der Waals surface area contributed by atoms with Gasteiger partial charge in [0.05, 0.1) is 0 Å². The Labute approximate surface area is 102 Å². The molecule has 1 aromatic rings. The van der Waals surface area contributed by atoms with E-state index in [0.717, 1.165) is 31.2 Å². The van der Waals surface area contributed by atoms with Gasteiger partial charge in [-0.15, -0.1) is 0 Å². The van der Waals surface area contributed by atoms with Crippen molar-refractivity contribution in [1.82, 2.24) is 0 Å². The summed E-state index contributed by atoms with van der Waals surface area (Å²) in [5.41, 5.74) is 2.11. The van der Waals surface area contributed by atoms with Crippen LogP contribution in [0.25, 0.3) is 0 Å². The van der Waals surface area contributed by atoms with Gasteiger partial charge < -0.3 is 9.47 Å². The predicted molar refractivity (Wildman–Crippen MR) is 64.6 cm³/mol. The quantitative estimate of drug-likeness (QED) is 0.572. The Kier molecular flexibility index (Phi) is 3.36. The largest absolute Gasteiger partial charge is 0.515 e. The zero-order valence-electron chi connectivity index (χ0n) is 10.4. The van der Waals surface area contributed by atoms with Crippen LogP contribution in [0.3, 0.4) is 0 Å². The molecule has 1 aromatic carbocycles. The van der Waals surface area contributed by atoms with Gasteiger partial charge in [0.15, 0.2) is 0 Å². The van der Waals surface area contributed by atoms with E-state index in [2.05, 4.69) is 6.92 Å². The van der Waals surface area contributed by atoms with E-state index in [1.165, 1.54) is 5.56 Å². The molecule has 0 amide bonds. The minimum Gasteiger partial charge on any atom is -0.386 e.